The van der Waals surface area contributed by atoms with Crippen LogP contribution in [-0.2, 0) is 0 Å². The standard InChI is InChI=1S/C17H25BrO3/c1-2-3-4-5-6-8-15(19)13-11-14(18)17-16(12-13)20-9-7-10-21-17/h11-12,15,19H,2-10H2,1H3. The molecule has 4 heteroatoms. The van der Waals surface area contributed by atoms with Crippen LogP contribution in [0.3, 0.4) is 0 Å². The number of rotatable bonds is 7. The van der Waals surface area contributed by atoms with Gasteiger partial charge >= 0.3 is 0 Å². The Labute approximate surface area is 135 Å². The van der Waals surface area contributed by atoms with E-state index in [-0.39, 0.29) is 0 Å². The molecule has 1 aliphatic rings. The van der Waals surface area contributed by atoms with Crippen LogP contribution in [0.25, 0.3) is 0 Å². The van der Waals surface area contributed by atoms with Gasteiger partial charge in [0.05, 0.1) is 23.8 Å². The highest BCUT2D eigenvalue weighted by Crippen LogP contribution is 2.40. The lowest BCUT2D eigenvalue weighted by Gasteiger charge is -2.15. The first kappa shape index (κ1) is 16.6. The fourth-order valence-electron chi connectivity index (χ4n) is 2.55. The summed E-state index contributed by atoms with van der Waals surface area (Å²) in [4.78, 5) is 0. The molecule has 118 valence electrons. The lowest BCUT2D eigenvalue weighted by atomic mass is 10.0. The Bertz CT molecular complexity index is 448. The summed E-state index contributed by atoms with van der Waals surface area (Å²) in [5.41, 5.74) is 0.904. The van der Waals surface area contributed by atoms with E-state index in [1.54, 1.807) is 0 Å². The fraction of sp³-hybridized carbons (Fsp3) is 0.647. The predicted octanol–water partition coefficient (Wildman–Crippen LogP) is 5.00. The number of unbranched alkanes of at least 4 members (excludes halogenated alkanes) is 4. The summed E-state index contributed by atoms with van der Waals surface area (Å²) >= 11 is 3.52. The molecule has 0 aromatic heterocycles. The Morgan fingerprint density at radius 1 is 1.14 bits per heavy atom. The molecule has 3 nitrogen and oxygen atoms in total. The zero-order valence-corrected chi connectivity index (χ0v) is 14.3. The van der Waals surface area contributed by atoms with Gasteiger partial charge in [-0.15, -0.1) is 0 Å². The average molecular weight is 357 g/mol. The molecule has 0 aliphatic carbocycles. The maximum absolute atomic E-state index is 10.4. The lowest BCUT2D eigenvalue weighted by molar-refractivity contribution is 0.162. The monoisotopic (exact) mass is 356 g/mol. The highest BCUT2D eigenvalue weighted by Gasteiger charge is 2.18. The van der Waals surface area contributed by atoms with Crippen LogP contribution in [-0.4, -0.2) is 18.3 Å². The second kappa shape index (κ2) is 8.64. The highest BCUT2D eigenvalue weighted by molar-refractivity contribution is 9.10. The van der Waals surface area contributed by atoms with E-state index >= 15 is 0 Å². The van der Waals surface area contributed by atoms with Crippen LogP contribution in [0.4, 0.5) is 0 Å². The Morgan fingerprint density at radius 2 is 1.90 bits per heavy atom. The SMILES string of the molecule is CCCCCCCC(O)c1cc(Br)c2c(c1)OCCCO2. The highest BCUT2D eigenvalue weighted by atomic mass is 79.9. The number of aliphatic hydroxyl groups is 1. The molecule has 1 atom stereocenters. The first-order valence-electron chi connectivity index (χ1n) is 7.99. The molecule has 0 amide bonds. The van der Waals surface area contributed by atoms with Gasteiger partial charge < -0.3 is 14.6 Å². The van der Waals surface area contributed by atoms with E-state index in [4.69, 9.17) is 9.47 Å². The van der Waals surface area contributed by atoms with Gasteiger partial charge in [-0.1, -0.05) is 39.0 Å². The minimum atomic E-state index is -0.430. The van der Waals surface area contributed by atoms with Gasteiger partial charge in [-0.25, -0.2) is 0 Å². The smallest absolute Gasteiger partial charge is 0.175 e. The second-order valence-electron chi connectivity index (χ2n) is 5.60. The van der Waals surface area contributed by atoms with Crippen LogP contribution in [0, 0.1) is 0 Å². The van der Waals surface area contributed by atoms with Crippen LogP contribution >= 0.6 is 15.9 Å². The molecule has 0 saturated heterocycles. The molecule has 0 fully saturated rings. The van der Waals surface area contributed by atoms with Gasteiger partial charge in [-0.05, 0) is 40.0 Å². The molecule has 1 aromatic carbocycles. The Hall–Kier alpha value is -0.740. The number of benzene rings is 1. The van der Waals surface area contributed by atoms with Gasteiger partial charge in [0.2, 0.25) is 0 Å². The number of aliphatic hydroxyl groups excluding tert-OH is 1. The summed E-state index contributed by atoms with van der Waals surface area (Å²) in [7, 11) is 0. The van der Waals surface area contributed by atoms with Gasteiger partial charge in [0.25, 0.3) is 0 Å². The zero-order chi connectivity index (χ0) is 15.1. The van der Waals surface area contributed by atoms with Crippen molar-refractivity contribution in [3.8, 4) is 11.5 Å². The quantitative estimate of drug-likeness (QED) is 0.698. The first-order valence-corrected chi connectivity index (χ1v) is 8.78. The normalized spacial score (nSPS) is 15.6. The number of fused-ring (bicyclic) bond motifs is 1. The second-order valence-corrected chi connectivity index (χ2v) is 6.45. The van der Waals surface area contributed by atoms with Crippen molar-refractivity contribution in [3.63, 3.8) is 0 Å². The molecular weight excluding hydrogens is 332 g/mol. The lowest BCUT2D eigenvalue weighted by Crippen LogP contribution is -2.00. The van der Waals surface area contributed by atoms with Crippen molar-refractivity contribution in [2.24, 2.45) is 0 Å². The molecule has 1 unspecified atom stereocenters. The molecule has 0 saturated carbocycles. The molecule has 1 aromatic rings. The largest absolute Gasteiger partial charge is 0.490 e. The molecule has 0 radical (unpaired) electrons. The van der Waals surface area contributed by atoms with E-state index in [9.17, 15) is 5.11 Å². The van der Waals surface area contributed by atoms with Crippen LogP contribution in [0.15, 0.2) is 16.6 Å². The van der Waals surface area contributed by atoms with Crippen LogP contribution in [0.2, 0.25) is 0 Å². The third kappa shape index (κ3) is 4.89. The van der Waals surface area contributed by atoms with Crippen LogP contribution < -0.4 is 9.47 Å². The molecule has 1 N–H and O–H groups in total. The van der Waals surface area contributed by atoms with Crippen molar-refractivity contribution < 1.29 is 14.6 Å². The van der Waals surface area contributed by atoms with Crippen molar-refractivity contribution in [2.45, 2.75) is 58.0 Å². The van der Waals surface area contributed by atoms with Crippen molar-refractivity contribution in [1.29, 1.82) is 0 Å². The summed E-state index contributed by atoms with van der Waals surface area (Å²) < 4.78 is 12.3. The van der Waals surface area contributed by atoms with Crippen molar-refractivity contribution in [3.05, 3.63) is 22.2 Å². The molecular formula is C17H25BrO3. The maximum atomic E-state index is 10.4. The zero-order valence-electron chi connectivity index (χ0n) is 12.7. The number of ether oxygens (including phenoxy) is 2. The van der Waals surface area contributed by atoms with E-state index in [0.717, 1.165) is 40.8 Å². The van der Waals surface area contributed by atoms with Crippen molar-refractivity contribution >= 4 is 15.9 Å². The van der Waals surface area contributed by atoms with Crippen LogP contribution in [0.5, 0.6) is 11.5 Å². The number of hydrogen-bond acceptors (Lipinski definition) is 3. The Morgan fingerprint density at radius 3 is 2.71 bits per heavy atom. The molecule has 0 bridgehead atoms. The summed E-state index contributed by atoms with van der Waals surface area (Å²) in [6.07, 6.45) is 7.30. The molecule has 21 heavy (non-hydrogen) atoms. The molecule has 1 heterocycles. The van der Waals surface area contributed by atoms with Crippen LogP contribution in [0.1, 0.15) is 63.5 Å². The third-order valence-electron chi connectivity index (χ3n) is 3.79. The van der Waals surface area contributed by atoms with E-state index in [2.05, 4.69) is 22.9 Å². The summed E-state index contributed by atoms with van der Waals surface area (Å²) in [5, 5.41) is 10.4. The van der Waals surface area contributed by atoms with Gasteiger partial charge in [-0.2, -0.15) is 0 Å². The van der Waals surface area contributed by atoms with Crippen molar-refractivity contribution in [1.82, 2.24) is 0 Å². The summed E-state index contributed by atoms with van der Waals surface area (Å²) in [6.45, 7) is 3.55. The summed E-state index contributed by atoms with van der Waals surface area (Å²) in [6, 6.07) is 3.87. The van der Waals surface area contributed by atoms with E-state index in [0.29, 0.717) is 13.2 Å². The minimum absolute atomic E-state index is 0.430. The van der Waals surface area contributed by atoms with Crippen molar-refractivity contribution in [2.75, 3.05) is 13.2 Å². The third-order valence-corrected chi connectivity index (χ3v) is 4.38. The topological polar surface area (TPSA) is 38.7 Å². The van der Waals surface area contributed by atoms with E-state index < -0.39 is 6.10 Å². The molecule has 1 aliphatic heterocycles. The fourth-order valence-corrected chi connectivity index (χ4v) is 3.13. The average Bonchev–Trinajstić information content (AvgIpc) is 2.72. The van der Waals surface area contributed by atoms with Gasteiger partial charge in [0.1, 0.15) is 0 Å². The maximum Gasteiger partial charge on any atom is 0.175 e. The minimum Gasteiger partial charge on any atom is -0.490 e. The molecule has 0 spiro atoms. The van der Waals surface area contributed by atoms with Gasteiger partial charge in [-0.3, -0.25) is 0 Å². The van der Waals surface area contributed by atoms with Gasteiger partial charge in [0, 0.05) is 6.42 Å². The summed E-state index contributed by atoms with van der Waals surface area (Å²) in [5.74, 6) is 1.49. The predicted molar refractivity (Wildman–Crippen MR) is 88.1 cm³/mol. The number of halogens is 1. The Kier molecular flexibility index (Phi) is 6.84. The van der Waals surface area contributed by atoms with E-state index in [1.807, 2.05) is 12.1 Å². The van der Waals surface area contributed by atoms with Gasteiger partial charge in [0.15, 0.2) is 11.5 Å². The number of hydrogen-bond donors (Lipinski definition) is 1. The molecule has 2 rings (SSSR count). The first-order chi connectivity index (χ1) is 10.2. The Balaban J connectivity index is 1.96. The van der Waals surface area contributed by atoms with E-state index in [1.165, 1.54) is 25.7 Å².